The number of fused-ring (bicyclic) bond motifs is 2. The molecule has 1 aliphatic rings. The molecule has 0 unspecified atom stereocenters. The molecule has 0 aliphatic carbocycles. The van der Waals surface area contributed by atoms with Crippen molar-refractivity contribution in [3.05, 3.63) is 85.1 Å². The zero-order valence-electron chi connectivity index (χ0n) is 21.3. The van der Waals surface area contributed by atoms with Crippen LogP contribution in [0, 0.1) is 5.82 Å². The second-order valence-electron chi connectivity index (χ2n) is 9.95. The number of pyridine rings is 2. The zero-order chi connectivity index (χ0) is 26.2. The van der Waals surface area contributed by atoms with Gasteiger partial charge in [0.25, 0.3) is 0 Å². The smallest absolute Gasteiger partial charge is 0.138 e. The fourth-order valence-corrected chi connectivity index (χ4v) is 5.37. The summed E-state index contributed by atoms with van der Waals surface area (Å²) in [6, 6.07) is 18.7. The molecule has 0 radical (unpaired) electrons. The zero-order valence-corrected chi connectivity index (χ0v) is 21.3. The minimum atomic E-state index is -0.270. The SMILES string of the molecule is Fc1ccc(-c2nccc3[nH]c(-c4n[nH]c5ccc(-c6cncc(OCCN7CCCC7)c6)cc45)cc23)cc1. The summed E-state index contributed by atoms with van der Waals surface area (Å²) >= 11 is 0. The van der Waals surface area contributed by atoms with Gasteiger partial charge in [-0.3, -0.25) is 20.0 Å². The van der Waals surface area contributed by atoms with Gasteiger partial charge in [-0.1, -0.05) is 6.07 Å². The number of rotatable bonds is 7. The highest BCUT2D eigenvalue weighted by molar-refractivity contribution is 6.00. The van der Waals surface area contributed by atoms with E-state index in [2.05, 4.69) is 48.2 Å². The third-order valence-corrected chi connectivity index (χ3v) is 7.41. The number of aromatic amines is 2. The van der Waals surface area contributed by atoms with Crippen molar-refractivity contribution in [2.24, 2.45) is 0 Å². The van der Waals surface area contributed by atoms with Crippen molar-refractivity contribution in [3.8, 4) is 39.5 Å². The molecule has 1 saturated heterocycles. The maximum absolute atomic E-state index is 13.5. The number of H-pyrrole nitrogens is 2. The number of nitrogens with one attached hydrogen (secondary N) is 2. The fraction of sp³-hybridized carbons (Fsp3) is 0.194. The number of hydrogen-bond donors (Lipinski definition) is 2. The van der Waals surface area contributed by atoms with Crippen LogP contribution in [0.15, 0.2) is 79.3 Å². The minimum Gasteiger partial charge on any atom is -0.491 e. The molecule has 2 aromatic carbocycles. The average molecular weight is 519 g/mol. The van der Waals surface area contributed by atoms with E-state index >= 15 is 0 Å². The predicted molar refractivity (Wildman–Crippen MR) is 151 cm³/mol. The molecule has 0 spiro atoms. The summed E-state index contributed by atoms with van der Waals surface area (Å²) in [7, 11) is 0. The normalized spacial score (nSPS) is 14.0. The molecule has 0 bridgehead atoms. The van der Waals surface area contributed by atoms with E-state index in [0.29, 0.717) is 6.61 Å². The Hall–Kier alpha value is -4.56. The molecular formula is C31H27FN6O. The topological polar surface area (TPSA) is 82.7 Å². The highest BCUT2D eigenvalue weighted by atomic mass is 19.1. The average Bonchev–Trinajstić information content (AvgIpc) is 3.73. The number of aromatic nitrogens is 5. The van der Waals surface area contributed by atoms with Gasteiger partial charge in [-0.15, -0.1) is 0 Å². The van der Waals surface area contributed by atoms with E-state index in [0.717, 1.165) is 81.0 Å². The molecular weight excluding hydrogens is 491 g/mol. The Morgan fingerprint density at radius 3 is 2.51 bits per heavy atom. The lowest BCUT2D eigenvalue weighted by Crippen LogP contribution is -2.25. The summed E-state index contributed by atoms with van der Waals surface area (Å²) in [6.07, 6.45) is 7.94. The lowest BCUT2D eigenvalue weighted by molar-refractivity contribution is 0.237. The third kappa shape index (κ3) is 4.64. The van der Waals surface area contributed by atoms with Crippen LogP contribution in [0.2, 0.25) is 0 Å². The largest absolute Gasteiger partial charge is 0.491 e. The van der Waals surface area contributed by atoms with Gasteiger partial charge >= 0.3 is 0 Å². The Bertz CT molecular complexity index is 1770. The number of halogens is 1. The van der Waals surface area contributed by atoms with Gasteiger partial charge in [-0.05, 0) is 86.1 Å². The highest BCUT2D eigenvalue weighted by Crippen LogP contribution is 2.34. The van der Waals surface area contributed by atoms with Gasteiger partial charge in [0, 0.05) is 46.4 Å². The van der Waals surface area contributed by atoms with E-state index in [1.165, 1.54) is 25.0 Å². The van der Waals surface area contributed by atoms with E-state index in [1.807, 2.05) is 24.4 Å². The van der Waals surface area contributed by atoms with Crippen molar-refractivity contribution in [3.63, 3.8) is 0 Å². The van der Waals surface area contributed by atoms with E-state index in [1.54, 1.807) is 24.5 Å². The van der Waals surface area contributed by atoms with Crippen LogP contribution in [0.4, 0.5) is 4.39 Å². The van der Waals surface area contributed by atoms with Gasteiger partial charge in [0.15, 0.2) is 0 Å². The highest BCUT2D eigenvalue weighted by Gasteiger charge is 2.16. The molecule has 1 fully saturated rings. The predicted octanol–water partition coefficient (Wildman–Crippen LogP) is 6.45. The molecule has 39 heavy (non-hydrogen) atoms. The molecule has 7 nitrogen and oxygen atoms in total. The van der Waals surface area contributed by atoms with Crippen LogP contribution in [0.25, 0.3) is 55.6 Å². The van der Waals surface area contributed by atoms with Crippen molar-refractivity contribution >= 4 is 21.8 Å². The van der Waals surface area contributed by atoms with Crippen LogP contribution in [0.3, 0.4) is 0 Å². The number of benzene rings is 2. The second kappa shape index (κ2) is 9.96. The molecule has 0 amide bonds. The van der Waals surface area contributed by atoms with Gasteiger partial charge in [0.1, 0.15) is 23.9 Å². The molecule has 194 valence electrons. The molecule has 0 saturated carbocycles. The van der Waals surface area contributed by atoms with E-state index in [-0.39, 0.29) is 5.82 Å². The molecule has 6 aromatic rings. The summed E-state index contributed by atoms with van der Waals surface area (Å²) in [5, 5.41) is 9.74. The first-order valence-electron chi connectivity index (χ1n) is 13.2. The van der Waals surface area contributed by atoms with E-state index in [9.17, 15) is 4.39 Å². The van der Waals surface area contributed by atoms with Crippen molar-refractivity contribution in [1.82, 2.24) is 30.0 Å². The maximum atomic E-state index is 13.5. The number of hydrogen-bond acceptors (Lipinski definition) is 5. The first-order valence-corrected chi connectivity index (χ1v) is 13.2. The number of ether oxygens (including phenoxy) is 1. The quantitative estimate of drug-likeness (QED) is 0.254. The van der Waals surface area contributed by atoms with Crippen LogP contribution in [0.1, 0.15) is 12.8 Å². The standard InChI is InChI=1S/C31H27FN6O/c32-23-6-3-20(4-7-23)30-26-17-29(35-27(26)9-10-34-30)31-25-16-21(5-8-28(25)36-37-31)22-15-24(19-33-18-22)39-14-13-38-11-1-2-12-38/h3-10,15-19,35H,1-2,11-14H2,(H,36,37). The Morgan fingerprint density at radius 2 is 1.64 bits per heavy atom. The first-order chi connectivity index (χ1) is 19.2. The van der Waals surface area contributed by atoms with Gasteiger partial charge in [-0.25, -0.2) is 4.39 Å². The summed E-state index contributed by atoms with van der Waals surface area (Å²) in [4.78, 5) is 14.9. The first kappa shape index (κ1) is 23.5. The van der Waals surface area contributed by atoms with Gasteiger partial charge in [-0.2, -0.15) is 5.10 Å². The van der Waals surface area contributed by atoms with Crippen LogP contribution in [0.5, 0.6) is 5.75 Å². The van der Waals surface area contributed by atoms with Crippen LogP contribution >= 0.6 is 0 Å². The molecule has 5 heterocycles. The Morgan fingerprint density at radius 1 is 0.821 bits per heavy atom. The van der Waals surface area contributed by atoms with Crippen molar-refractivity contribution in [1.29, 1.82) is 0 Å². The van der Waals surface area contributed by atoms with Gasteiger partial charge in [0.2, 0.25) is 0 Å². The summed E-state index contributed by atoms with van der Waals surface area (Å²) in [5.41, 5.74) is 7.25. The van der Waals surface area contributed by atoms with Gasteiger partial charge in [0.05, 0.1) is 23.1 Å². The Balaban J connectivity index is 1.20. The third-order valence-electron chi connectivity index (χ3n) is 7.41. The number of nitrogens with zero attached hydrogens (tertiary/aromatic N) is 4. The second-order valence-corrected chi connectivity index (χ2v) is 9.95. The minimum absolute atomic E-state index is 0.270. The Labute approximate surface area is 224 Å². The summed E-state index contributed by atoms with van der Waals surface area (Å²) in [5.74, 6) is 0.504. The molecule has 7 rings (SSSR count). The van der Waals surface area contributed by atoms with Crippen LogP contribution in [-0.2, 0) is 0 Å². The molecule has 1 aliphatic heterocycles. The monoisotopic (exact) mass is 518 g/mol. The lowest BCUT2D eigenvalue weighted by atomic mass is 10.0. The lowest BCUT2D eigenvalue weighted by Gasteiger charge is -2.15. The molecule has 4 aromatic heterocycles. The maximum Gasteiger partial charge on any atom is 0.138 e. The molecule has 2 N–H and O–H groups in total. The van der Waals surface area contributed by atoms with Crippen LogP contribution in [-0.4, -0.2) is 56.3 Å². The fourth-order valence-electron chi connectivity index (χ4n) is 5.37. The number of likely N-dealkylation sites (tertiary alicyclic amines) is 1. The Kier molecular flexibility index (Phi) is 6.01. The summed E-state index contributed by atoms with van der Waals surface area (Å²) < 4.78 is 19.5. The molecule has 8 heteroatoms. The molecule has 0 atom stereocenters. The van der Waals surface area contributed by atoms with Crippen molar-refractivity contribution < 1.29 is 9.13 Å². The summed E-state index contributed by atoms with van der Waals surface area (Å²) in [6.45, 7) is 3.92. The van der Waals surface area contributed by atoms with Crippen molar-refractivity contribution in [2.45, 2.75) is 12.8 Å². The van der Waals surface area contributed by atoms with E-state index < -0.39 is 0 Å². The van der Waals surface area contributed by atoms with E-state index in [4.69, 9.17) is 4.74 Å². The van der Waals surface area contributed by atoms with Crippen molar-refractivity contribution in [2.75, 3.05) is 26.2 Å². The van der Waals surface area contributed by atoms with Gasteiger partial charge < -0.3 is 9.72 Å². The van der Waals surface area contributed by atoms with Crippen LogP contribution < -0.4 is 4.74 Å².